The number of hydrogen-bond donors (Lipinski definition) is 1. The number of amides is 1. The average Bonchev–Trinajstić information content (AvgIpc) is 3.07. The number of hydrogen-bond acceptors (Lipinski definition) is 5. The Morgan fingerprint density at radius 1 is 1.10 bits per heavy atom. The van der Waals surface area contributed by atoms with Gasteiger partial charge in [0, 0.05) is 17.1 Å². The lowest BCUT2D eigenvalue weighted by molar-refractivity contribution is -0.113. The van der Waals surface area contributed by atoms with Crippen molar-refractivity contribution in [3.05, 3.63) is 78.1 Å². The Morgan fingerprint density at radius 3 is 2.52 bits per heavy atom. The van der Waals surface area contributed by atoms with Crippen LogP contribution in [-0.2, 0) is 17.1 Å². The number of allylic oxidation sites excluding steroid dienone is 1. The molecule has 2 aromatic carbocycles. The van der Waals surface area contributed by atoms with Crippen LogP contribution in [0.3, 0.4) is 0 Å². The highest BCUT2D eigenvalue weighted by molar-refractivity contribution is 7.99. The first-order valence-electron chi connectivity index (χ1n) is 9.27. The summed E-state index contributed by atoms with van der Waals surface area (Å²) in [6.07, 6.45) is 1.82. The summed E-state index contributed by atoms with van der Waals surface area (Å²) < 4.78 is 2.01. The molecule has 0 aliphatic rings. The summed E-state index contributed by atoms with van der Waals surface area (Å²) in [5, 5.41) is 12.3. The molecule has 0 atom stereocenters. The van der Waals surface area contributed by atoms with Crippen molar-refractivity contribution in [2.45, 2.75) is 36.2 Å². The van der Waals surface area contributed by atoms with E-state index in [4.69, 9.17) is 0 Å². The number of thioether (sulfide) groups is 2. The minimum Gasteiger partial charge on any atom is -0.325 e. The lowest BCUT2D eigenvalue weighted by atomic mass is 10.1. The van der Waals surface area contributed by atoms with E-state index in [1.54, 1.807) is 11.8 Å². The fraction of sp³-hybridized carbons (Fsp3) is 0.227. The van der Waals surface area contributed by atoms with E-state index in [0.29, 0.717) is 12.3 Å². The quantitative estimate of drug-likeness (QED) is 0.382. The van der Waals surface area contributed by atoms with Gasteiger partial charge in [-0.3, -0.25) is 4.79 Å². The van der Waals surface area contributed by atoms with Crippen molar-refractivity contribution in [3.8, 4) is 0 Å². The van der Waals surface area contributed by atoms with Gasteiger partial charge in [0.2, 0.25) is 5.91 Å². The third-order valence-corrected chi connectivity index (χ3v) is 6.03. The summed E-state index contributed by atoms with van der Waals surface area (Å²) in [5.41, 5.74) is 3.07. The molecule has 0 saturated heterocycles. The summed E-state index contributed by atoms with van der Waals surface area (Å²) in [6.45, 7) is 8.48. The van der Waals surface area contributed by atoms with E-state index in [0.717, 1.165) is 27.8 Å². The molecular formula is C22H24N4OS2. The molecule has 1 amide bonds. The van der Waals surface area contributed by atoms with E-state index >= 15 is 0 Å². The molecular weight excluding hydrogens is 400 g/mol. The molecule has 7 heteroatoms. The van der Waals surface area contributed by atoms with Gasteiger partial charge in [-0.05, 0) is 49.2 Å². The first-order chi connectivity index (χ1) is 14.0. The summed E-state index contributed by atoms with van der Waals surface area (Å²) in [7, 11) is 0. The fourth-order valence-electron chi connectivity index (χ4n) is 2.88. The zero-order valence-corrected chi connectivity index (χ0v) is 18.2. The standard InChI is InChI=1S/C22H24N4OS2/c1-4-10-26-20(14-28-19-8-6-5-7-9-19)24-25-22(26)29-15-21(27)23-18-12-16(2)11-17(3)13-18/h4-9,11-13H,1,10,14-15H2,2-3H3,(H,23,27). The van der Waals surface area contributed by atoms with Crippen molar-refractivity contribution in [2.24, 2.45) is 0 Å². The van der Waals surface area contributed by atoms with Gasteiger partial charge in [0.1, 0.15) is 5.82 Å². The van der Waals surface area contributed by atoms with Crippen LogP contribution in [0.2, 0.25) is 0 Å². The van der Waals surface area contributed by atoms with E-state index in [2.05, 4.69) is 40.3 Å². The highest BCUT2D eigenvalue weighted by Crippen LogP contribution is 2.24. The van der Waals surface area contributed by atoms with Crippen molar-refractivity contribution in [2.75, 3.05) is 11.1 Å². The maximum absolute atomic E-state index is 12.4. The molecule has 0 aliphatic heterocycles. The summed E-state index contributed by atoms with van der Waals surface area (Å²) in [6, 6.07) is 16.2. The van der Waals surface area contributed by atoms with Crippen LogP contribution in [0.4, 0.5) is 5.69 Å². The van der Waals surface area contributed by atoms with Gasteiger partial charge >= 0.3 is 0 Å². The number of anilines is 1. The Bertz CT molecular complexity index is 965. The third kappa shape index (κ3) is 6.24. The van der Waals surface area contributed by atoms with Crippen molar-refractivity contribution in [1.82, 2.24) is 14.8 Å². The molecule has 3 rings (SSSR count). The lowest BCUT2D eigenvalue weighted by Crippen LogP contribution is -2.15. The predicted octanol–water partition coefficient (Wildman–Crippen LogP) is 5.10. The molecule has 29 heavy (non-hydrogen) atoms. The first kappa shape index (κ1) is 21.2. The molecule has 0 fully saturated rings. The summed E-state index contributed by atoms with van der Waals surface area (Å²) in [5.74, 6) is 1.79. The van der Waals surface area contributed by atoms with Crippen molar-refractivity contribution < 1.29 is 4.79 Å². The second kappa shape index (κ2) is 10.3. The highest BCUT2D eigenvalue weighted by atomic mass is 32.2. The molecule has 1 N–H and O–H groups in total. The monoisotopic (exact) mass is 424 g/mol. The SMILES string of the molecule is C=CCn1c(CSc2ccccc2)nnc1SCC(=O)Nc1cc(C)cc(C)c1. The number of aryl methyl sites for hydroxylation is 2. The van der Waals surface area contributed by atoms with Crippen molar-refractivity contribution >= 4 is 35.1 Å². The Balaban J connectivity index is 1.61. The summed E-state index contributed by atoms with van der Waals surface area (Å²) >= 11 is 3.10. The molecule has 150 valence electrons. The highest BCUT2D eigenvalue weighted by Gasteiger charge is 2.14. The van der Waals surface area contributed by atoms with Gasteiger partial charge in [-0.15, -0.1) is 28.5 Å². The number of nitrogens with one attached hydrogen (secondary N) is 1. The molecule has 0 saturated carbocycles. The Hall–Kier alpha value is -2.51. The van der Waals surface area contributed by atoms with Gasteiger partial charge < -0.3 is 9.88 Å². The zero-order valence-electron chi connectivity index (χ0n) is 16.6. The molecule has 0 spiro atoms. The van der Waals surface area contributed by atoms with Crippen LogP contribution in [0.1, 0.15) is 17.0 Å². The fourth-order valence-corrected chi connectivity index (χ4v) is 4.51. The second-order valence-corrected chi connectivity index (χ2v) is 8.60. The molecule has 1 aromatic heterocycles. The normalized spacial score (nSPS) is 10.7. The number of nitrogens with zero attached hydrogens (tertiary/aromatic N) is 3. The minimum absolute atomic E-state index is 0.0617. The van der Waals surface area contributed by atoms with Crippen molar-refractivity contribution in [1.29, 1.82) is 0 Å². The topological polar surface area (TPSA) is 59.8 Å². The van der Waals surface area contributed by atoms with Gasteiger partial charge in [0.15, 0.2) is 5.16 Å². The van der Waals surface area contributed by atoms with Gasteiger partial charge in [0.05, 0.1) is 11.5 Å². The van der Waals surface area contributed by atoms with Crippen LogP contribution in [-0.4, -0.2) is 26.4 Å². The van der Waals surface area contributed by atoms with Crippen LogP contribution < -0.4 is 5.32 Å². The molecule has 0 aliphatic carbocycles. The number of carbonyl (C=O) groups excluding carboxylic acids is 1. The number of carbonyl (C=O) groups is 1. The van der Waals surface area contributed by atoms with Gasteiger partial charge in [-0.25, -0.2) is 0 Å². The number of rotatable bonds is 9. The molecule has 1 heterocycles. The predicted molar refractivity (Wildman–Crippen MR) is 121 cm³/mol. The molecule has 0 unspecified atom stereocenters. The minimum atomic E-state index is -0.0617. The number of benzene rings is 2. The number of aromatic nitrogens is 3. The van der Waals surface area contributed by atoms with E-state index in [9.17, 15) is 4.79 Å². The van der Waals surface area contributed by atoms with E-state index < -0.39 is 0 Å². The Kier molecular flexibility index (Phi) is 7.55. The van der Waals surface area contributed by atoms with E-state index in [-0.39, 0.29) is 11.7 Å². The van der Waals surface area contributed by atoms with Gasteiger partial charge in [-0.1, -0.05) is 42.1 Å². The molecule has 3 aromatic rings. The molecule has 0 bridgehead atoms. The van der Waals surface area contributed by atoms with Crippen LogP contribution in [0.5, 0.6) is 0 Å². The average molecular weight is 425 g/mol. The summed E-state index contributed by atoms with van der Waals surface area (Å²) in [4.78, 5) is 13.6. The second-order valence-electron chi connectivity index (χ2n) is 6.61. The largest absolute Gasteiger partial charge is 0.325 e. The van der Waals surface area contributed by atoms with Crippen molar-refractivity contribution in [3.63, 3.8) is 0 Å². The van der Waals surface area contributed by atoms with Crippen LogP contribution in [0.25, 0.3) is 0 Å². The van der Waals surface area contributed by atoms with Gasteiger partial charge in [0.25, 0.3) is 0 Å². The maximum Gasteiger partial charge on any atom is 0.234 e. The Labute approximate surface area is 180 Å². The molecule has 0 radical (unpaired) electrons. The maximum atomic E-state index is 12.4. The van der Waals surface area contributed by atoms with Crippen LogP contribution in [0.15, 0.2) is 71.2 Å². The zero-order chi connectivity index (χ0) is 20.6. The van der Waals surface area contributed by atoms with E-state index in [1.165, 1.54) is 16.7 Å². The third-order valence-electron chi connectivity index (χ3n) is 4.05. The Morgan fingerprint density at radius 2 is 1.83 bits per heavy atom. The smallest absolute Gasteiger partial charge is 0.234 e. The van der Waals surface area contributed by atoms with Crippen LogP contribution in [0, 0.1) is 13.8 Å². The lowest BCUT2D eigenvalue weighted by Gasteiger charge is -2.09. The van der Waals surface area contributed by atoms with E-state index in [1.807, 2.05) is 54.8 Å². The first-order valence-corrected chi connectivity index (χ1v) is 11.2. The molecule has 5 nitrogen and oxygen atoms in total. The van der Waals surface area contributed by atoms with Crippen LogP contribution >= 0.6 is 23.5 Å². The van der Waals surface area contributed by atoms with Gasteiger partial charge in [-0.2, -0.15) is 0 Å².